The number of aliphatic hydroxyl groups excluding tert-OH is 1. The molecule has 0 bridgehead atoms. The standard InChI is InChI=1S/C7H13NO5S/c1-2-14(12,13)8-4-5(9)3-6(8)7(10)11/h5-6,9H,2-4H2,1H3,(H,10,11)/t5-,6-/m1/s1. The minimum absolute atomic E-state index is 0.0332. The van der Waals surface area contributed by atoms with E-state index in [9.17, 15) is 18.3 Å². The second-order valence-electron chi connectivity index (χ2n) is 3.21. The first-order valence-electron chi connectivity index (χ1n) is 4.29. The quantitative estimate of drug-likeness (QED) is 0.630. The number of carbonyl (C=O) groups is 1. The summed E-state index contributed by atoms with van der Waals surface area (Å²) in [6.07, 6.45) is -0.911. The highest BCUT2D eigenvalue weighted by Crippen LogP contribution is 2.21. The molecular weight excluding hydrogens is 210 g/mol. The normalized spacial score (nSPS) is 29.3. The number of carboxylic acids is 1. The number of nitrogens with zero attached hydrogens (tertiary/aromatic N) is 1. The molecule has 0 radical (unpaired) electrons. The number of hydrogen-bond acceptors (Lipinski definition) is 4. The van der Waals surface area contributed by atoms with Crippen molar-refractivity contribution < 1.29 is 23.4 Å². The summed E-state index contributed by atoms with van der Waals surface area (Å²) < 4.78 is 23.7. The zero-order valence-electron chi connectivity index (χ0n) is 7.75. The van der Waals surface area contributed by atoms with E-state index in [1.807, 2.05) is 0 Å². The Kier molecular flexibility index (Phi) is 3.13. The number of rotatable bonds is 3. The summed E-state index contributed by atoms with van der Waals surface area (Å²) in [5.41, 5.74) is 0. The lowest BCUT2D eigenvalue weighted by Crippen LogP contribution is -2.41. The van der Waals surface area contributed by atoms with Gasteiger partial charge in [0.2, 0.25) is 10.0 Å². The monoisotopic (exact) mass is 223 g/mol. The molecule has 0 amide bonds. The smallest absolute Gasteiger partial charge is 0.322 e. The molecule has 14 heavy (non-hydrogen) atoms. The molecule has 0 spiro atoms. The van der Waals surface area contributed by atoms with E-state index in [4.69, 9.17) is 5.11 Å². The molecule has 2 atom stereocenters. The van der Waals surface area contributed by atoms with Crippen LogP contribution in [0.1, 0.15) is 13.3 Å². The van der Waals surface area contributed by atoms with Crippen molar-refractivity contribution in [3.05, 3.63) is 0 Å². The van der Waals surface area contributed by atoms with Gasteiger partial charge in [-0.05, 0) is 6.92 Å². The number of hydrogen-bond donors (Lipinski definition) is 2. The predicted molar refractivity (Wildman–Crippen MR) is 48.2 cm³/mol. The van der Waals surface area contributed by atoms with E-state index < -0.39 is 28.1 Å². The molecule has 1 aliphatic heterocycles. The fraction of sp³-hybridized carbons (Fsp3) is 0.857. The third-order valence-electron chi connectivity index (χ3n) is 2.24. The van der Waals surface area contributed by atoms with Crippen molar-refractivity contribution in [3.8, 4) is 0 Å². The predicted octanol–water partition coefficient (Wildman–Crippen LogP) is -1.14. The van der Waals surface area contributed by atoms with Gasteiger partial charge in [-0.25, -0.2) is 8.42 Å². The van der Waals surface area contributed by atoms with Gasteiger partial charge >= 0.3 is 5.97 Å². The first kappa shape index (κ1) is 11.4. The zero-order chi connectivity index (χ0) is 10.9. The van der Waals surface area contributed by atoms with Crippen LogP contribution in [0.15, 0.2) is 0 Å². The zero-order valence-corrected chi connectivity index (χ0v) is 8.57. The molecule has 0 aromatic rings. The number of sulfonamides is 1. The van der Waals surface area contributed by atoms with Gasteiger partial charge in [0.1, 0.15) is 6.04 Å². The van der Waals surface area contributed by atoms with Crippen molar-refractivity contribution in [1.29, 1.82) is 0 Å². The molecule has 0 saturated carbocycles. The summed E-state index contributed by atoms with van der Waals surface area (Å²) in [7, 11) is -3.53. The van der Waals surface area contributed by atoms with Crippen LogP contribution in [0.5, 0.6) is 0 Å². The van der Waals surface area contributed by atoms with Crippen LogP contribution in [0.25, 0.3) is 0 Å². The third-order valence-corrected chi connectivity index (χ3v) is 4.09. The molecule has 1 saturated heterocycles. The van der Waals surface area contributed by atoms with Crippen LogP contribution < -0.4 is 0 Å². The van der Waals surface area contributed by atoms with Gasteiger partial charge in [0.25, 0.3) is 0 Å². The van der Waals surface area contributed by atoms with Gasteiger partial charge in [-0.2, -0.15) is 4.31 Å². The summed E-state index contributed by atoms with van der Waals surface area (Å²) in [6, 6.07) is -1.12. The molecule has 0 aromatic carbocycles. The number of β-amino-alcohol motifs (C(OH)–C–C–N with tert-alkyl or cyclic N) is 1. The molecule has 7 heteroatoms. The van der Waals surface area contributed by atoms with E-state index in [2.05, 4.69) is 0 Å². The highest BCUT2D eigenvalue weighted by atomic mass is 32.2. The molecule has 82 valence electrons. The molecule has 0 aliphatic carbocycles. The highest BCUT2D eigenvalue weighted by Gasteiger charge is 2.41. The van der Waals surface area contributed by atoms with Gasteiger partial charge in [0.15, 0.2) is 0 Å². The number of carboxylic acid groups (broad SMARTS) is 1. The summed E-state index contributed by atoms with van der Waals surface area (Å²) in [4.78, 5) is 10.7. The van der Waals surface area contributed by atoms with Crippen molar-refractivity contribution in [2.75, 3.05) is 12.3 Å². The second-order valence-corrected chi connectivity index (χ2v) is 5.42. The molecule has 6 nitrogen and oxygen atoms in total. The van der Waals surface area contributed by atoms with Gasteiger partial charge in [0.05, 0.1) is 11.9 Å². The van der Waals surface area contributed by atoms with E-state index in [0.29, 0.717) is 0 Å². The summed E-state index contributed by atoms with van der Waals surface area (Å²) in [6.45, 7) is 1.33. The Bertz CT molecular complexity index is 325. The SMILES string of the molecule is CCS(=O)(=O)N1C[C@H](O)C[C@@H]1C(=O)O. The molecule has 1 rings (SSSR count). The van der Waals surface area contributed by atoms with Crippen molar-refractivity contribution in [2.45, 2.75) is 25.5 Å². The first-order valence-corrected chi connectivity index (χ1v) is 5.89. The maximum atomic E-state index is 11.4. The minimum atomic E-state index is -3.53. The maximum Gasteiger partial charge on any atom is 0.322 e. The van der Waals surface area contributed by atoms with E-state index in [1.54, 1.807) is 0 Å². The fourth-order valence-electron chi connectivity index (χ4n) is 1.48. The summed E-state index contributed by atoms with van der Waals surface area (Å²) >= 11 is 0. The van der Waals surface area contributed by atoms with Crippen LogP contribution in [0, 0.1) is 0 Å². The molecule has 1 fully saturated rings. The van der Waals surface area contributed by atoms with E-state index in [-0.39, 0.29) is 18.7 Å². The van der Waals surface area contributed by atoms with Crippen LogP contribution in [0.4, 0.5) is 0 Å². The Hall–Kier alpha value is -0.660. The minimum Gasteiger partial charge on any atom is -0.480 e. The third kappa shape index (κ3) is 2.05. The van der Waals surface area contributed by atoms with Gasteiger partial charge in [-0.3, -0.25) is 4.79 Å². The topological polar surface area (TPSA) is 94.9 Å². The van der Waals surface area contributed by atoms with Crippen LogP contribution in [0.2, 0.25) is 0 Å². The molecule has 2 N–H and O–H groups in total. The fourth-order valence-corrected chi connectivity index (χ4v) is 2.78. The van der Waals surface area contributed by atoms with Crippen molar-refractivity contribution in [1.82, 2.24) is 4.31 Å². The van der Waals surface area contributed by atoms with E-state index >= 15 is 0 Å². The van der Waals surface area contributed by atoms with Crippen molar-refractivity contribution in [2.24, 2.45) is 0 Å². The van der Waals surface area contributed by atoms with Gasteiger partial charge in [-0.15, -0.1) is 0 Å². The number of aliphatic carboxylic acids is 1. The molecular formula is C7H13NO5S. The average molecular weight is 223 g/mol. The summed E-state index contributed by atoms with van der Waals surface area (Å²) in [5, 5.41) is 18.0. The highest BCUT2D eigenvalue weighted by molar-refractivity contribution is 7.89. The lowest BCUT2D eigenvalue weighted by atomic mass is 10.2. The Morgan fingerprint density at radius 2 is 2.14 bits per heavy atom. The van der Waals surface area contributed by atoms with Crippen molar-refractivity contribution >= 4 is 16.0 Å². The van der Waals surface area contributed by atoms with E-state index in [0.717, 1.165) is 4.31 Å². The first-order chi connectivity index (χ1) is 6.38. The van der Waals surface area contributed by atoms with Crippen molar-refractivity contribution in [3.63, 3.8) is 0 Å². The molecule has 0 unspecified atom stereocenters. The maximum absolute atomic E-state index is 11.4. The van der Waals surface area contributed by atoms with Gasteiger partial charge in [0, 0.05) is 13.0 Å². The van der Waals surface area contributed by atoms with Crippen LogP contribution in [-0.2, 0) is 14.8 Å². The van der Waals surface area contributed by atoms with E-state index in [1.165, 1.54) is 6.92 Å². The Balaban J connectivity index is 2.93. The summed E-state index contributed by atoms with van der Waals surface area (Å²) in [5.74, 6) is -1.36. The largest absolute Gasteiger partial charge is 0.480 e. The lowest BCUT2D eigenvalue weighted by Gasteiger charge is -2.19. The number of aliphatic hydroxyl groups is 1. The Labute approximate surface area is 82.2 Å². The Morgan fingerprint density at radius 3 is 2.57 bits per heavy atom. The Morgan fingerprint density at radius 1 is 1.57 bits per heavy atom. The van der Waals surface area contributed by atoms with Crippen LogP contribution in [-0.4, -0.2) is 53.3 Å². The second kappa shape index (κ2) is 3.84. The van der Waals surface area contributed by atoms with Crippen LogP contribution >= 0.6 is 0 Å². The molecule has 1 heterocycles. The van der Waals surface area contributed by atoms with Crippen LogP contribution in [0.3, 0.4) is 0 Å². The van der Waals surface area contributed by atoms with Gasteiger partial charge < -0.3 is 10.2 Å². The molecule has 1 aliphatic rings. The van der Waals surface area contributed by atoms with Gasteiger partial charge in [-0.1, -0.05) is 0 Å². The average Bonchev–Trinajstić information content (AvgIpc) is 2.48. The lowest BCUT2D eigenvalue weighted by molar-refractivity contribution is -0.140. The molecule has 0 aromatic heterocycles.